The Kier molecular flexibility index (Phi) is 6.01. The van der Waals surface area contributed by atoms with E-state index in [2.05, 4.69) is 15.6 Å². The molecule has 5 saturated carbocycles. The number of imidazole rings is 1. The van der Waals surface area contributed by atoms with Crippen LogP contribution in [0.15, 0.2) is 42.5 Å². The van der Waals surface area contributed by atoms with E-state index in [-0.39, 0.29) is 23.3 Å². The normalized spacial score (nSPS) is 28.8. The SMILES string of the molecule is O=C(NC12CC3CC(CC(C3)C1)C2)c1ccc(-c2nc3ccc(NC(=O)C4CCCCCC4)cc3[nH]2)cc1. The summed E-state index contributed by atoms with van der Waals surface area (Å²) in [6, 6.07) is 13.6. The predicted molar refractivity (Wildman–Crippen MR) is 150 cm³/mol. The van der Waals surface area contributed by atoms with Crippen LogP contribution in [-0.4, -0.2) is 27.3 Å². The Labute approximate surface area is 224 Å². The number of hydrogen-bond donors (Lipinski definition) is 3. The summed E-state index contributed by atoms with van der Waals surface area (Å²) in [6.45, 7) is 0. The Balaban J connectivity index is 1.03. The van der Waals surface area contributed by atoms with Crippen molar-refractivity contribution in [1.29, 1.82) is 0 Å². The number of nitrogens with one attached hydrogen (secondary N) is 3. The average molecular weight is 511 g/mol. The molecule has 5 aliphatic carbocycles. The number of fused-ring (bicyclic) bond motifs is 1. The average Bonchev–Trinajstić information content (AvgIpc) is 3.12. The van der Waals surface area contributed by atoms with Crippen LogP contribution >= 0.6 is 0 Å². The summed E-state index contributed by atoms with van der Waals surface area (Å²) in [5, 5.41) is 6.60. The molecule has 5 fully saturated rings. The number of rotatable bonds is 5. The van der Waals surface area contributed by atoms with E-state index in [1.165, 1.54) is 32.1 Å². The number of hydrogen-bond acceptors (Lipinski definition) is 3. The number of carbonyl (C=O) groups excluding carboxylic acids is 2. The van der Waals surface area contributed by atoms with Gasteiger partial charge in [-0.3, -0.25) is 9.59 Å². The maximum absolute atomic E-state index is 13.2. The van der Waals surface area contributed by atoms with Crippen LogP contribution in [0, 0.1) is 23.7 Å². The predicted octanol–water partition coefficient (Wildman–Crippen LogP) is 6.84. The van der Waals surface area contributed by atoms with Crippen molar-refractivity contribution in [3.63, 3.8) is 0 Å². The zero-order chi connectivity index (χ0) is 25.7. The third-order valence-corrected chi connectivity index (χ3v) is 9.81. The Morgan fingerprint density at radius 2 is 1.50 bits per heavy atom. The molecule has 1 heterocycles. The molecule has 38 heavy (non-hydrogen) atoms. The lowest BCUT2D eigenvalue weighted by molar-refractivity contribution is -0.120. The van der Waals surface area contributed by atoms with Gasteiger partial charge in [0, 0.05) is 28.3 Å². The van der Waals surface area contributed by atoms with E-state index in [9.17, 15) is 9.59 Å². The van der Waals surface area contributed by atoms with Crippen LogP contribution in [0.5, 0.6) is 0 Å². The van der Waals surface area contributed by atoms with Crippen LogP contribution in [0.1, 0.15) is 87.4 Å². The number of anilines is 1. The standard InChI is InChI=1S/C32H38N4O2/c37-30(24-5-3-1-2-4-6-24)33-26-11-12-27-28(16-26)35-29(34-27)23-7-9-25(10-8-23)31(38)36-32-17-20-13-21(18-32)15-22(14-20)19-32/h7-12,16,20-22,24H,1-6,13-15,17-19H2,(H,33,37)(H,34,35)(H,36,38). The highest BCUT2D eigenvalue weighted by Crippen LogP contribution is 2.55. The topological polar surface area (TPSA) is 86.9 Å². The molecule has 0 aliphatic heterocycles. The molecule has 0 radical (unpaired) electrons. The fraction of sp³-hybridized carbons (Fsp3) is 0.531. The molecule has 5 aliphatic rings. The van der Waals surface area contributed by atoms with Gasteiger partial charge in [0.05, 0.1) is 11.0 Å². The van der Waals surface area contributed by atoms with Crippen LogP contribution in [0.4, 0.5) is 5.69 Å². The van der Waals surface area contributed by atoms with Gasteiger partial charge in [-0.05, 0) is 99.5 Å². The van der Waals surface area contributed by atoms with Crippen molar-refractivity contribution in [1.82, 2.24) is 15.3 Å². The van der Waals surface area contributed by atoms with Gasteiger partial charge in [0.1, 0.15) is 5.82 Å². The van der Waals surface area contributed by atoms with Crippen LogP contribution in [0.25, 0.3) is 22.4 Å². The number of aromatic amines is 1. The minimum Gasteiger partial charge on any atom is -0.347 e. The van der Waals surface area contributed by atoms with Crippen molar-refractivity contribution in [3.8, 4) is 11.4 Å². The molecule has 6 heteroatoms. The third kappa shape index (κ3) is 4.63. The Bertz CT molecular complexity index is 1310. The molecule has 0 spiro atoms. The summed E-state index contributed by atoms with van der Waals surface area (Å²) in [5.74, 6) is 3.49. The van der Waals surface area contributed by atoms with Gasteiger partial charge in [0.15, 0.2) is 0 Å². The second kappa shape index (κ2) is 9.55. The van der Waals surface area contributed by atoms with Crippen molar-refractivity contribution in [3.05, 3.63) is 48.0 Å². The second-order valence-electron chi connectivity index (χ2n) is 12.7. The summed E-state index contributed by atoms with van der Waals surface area (Å²) in [6.07, 6.45) is 14.3. The molecule has 2 aromatic carbocycles. The highest BCUT2D eigenvalue weighted by molar-refractivity contribution is 5.96. The van der Waals surface area contributed by atoms with Crippen molar-refractivity contribution < 1.29 is 9.59 Å². The van der Waals surface area contributed by atoms with Gasteiger partial charge in [0.2, 0.25) is 5.91 Å². The summed E-state index contributed by atoms with van der Waals surface area (Å²) >= 11 is 0. The first-order valence-electron chi connectivity index (χ1n) is 14.8. The van der Waals surface area contributed by atoms with E-state index in [0.29, 0.717) is 5.56 Å². The number of amides is 2. The maximum Gasteiger partial charge on any atom is 0.251 e. The first-order chi connectivity index (χ1) is 18.5. The number of H-pyrrole nitrogens is 1. The molecule has 3 aromatic rings. The zero-order valence-electron chi connectivity index (χ0n) is 22.1. The van der Waals surface area contributed by atoms with Gasteiger partial charge in [-0.15, -0.1) is 0 Å². The van der Waals surface area contributed by atoms with E-state index < -0.39 is 0 Å². The van der Waals surface area contributed by atoms with Crippen LogP contribution < -0.4 is 10.6 Å². The number of aromatic nitrogens is 2. The minimum absolute atomic E-state index is 0.0204. The molecule has 6 nitrogen and oxygen atoms in total. The molecular weight excluding hydrogens is 472 g/mol. The number of carbonyl (C=O) groups is 2. The first kappa shape index (κ1) is 23.9. The van der Waals surface area contributed by atoms with Gasteiger partial charge in [-0.25, -0.2) is 4.98 Å². The molecule has 0 unspecified atom stereocenters. The van der Waals surface area contributed by atoms with Gasteiger partial charge >= 0.3 is 0 Å². The van der Waals surface area contributed by atoms with Gasteiger partial charge in [0.25, 0.3) is 5.91 Å². The Hall–Kier alpha value is -3.15. The highest BCUT2D eigenvalue weighted by Gasteiger charge is 2.51. The van der Waals surface area contributed by atoms with E-state index in [0.717, 1.165) is 90.8 Å². The van der Waals surface area contributed by atoms with Crippen molar-refractivity contribution >= 4 is 28.5 Å². The fourth-order valence-corrected chi connectivity index (χ4v) is 8.37. The van der Waals surface area contributed by atoms with Crippen molar-refractivity contribution in [2.75, 3.05) is 5.32 Å². The maximum atomic E-state index is 13.2. The molecular formula is C32H38N4O2. The quantitative estimate of drug-likeness (QED) is 0.329. The lowest BCUT2D eigenvalue weighted by atomic mass is 9.53. The van der Waals surface area contributed by atoms with Gasteiger partial charge in [-0.2, -0.15) is 0 Å². The first-order valence-corrected chi connectivity index (χ1v) is 14.8. The summed E-state index contributed by atoms with van der Waals surface area (Å²) in [4.78, 5) is 34.2. The number of benzene rings is 2. The molecule has 198 valence electrons. The third-order valence-electron chi connectivity index (χ3n) is 9.81. The van der Waals surface area contributed by atoms with Gasteiger partial charge in [-0.1, -0.05) is 37.8 Å². The summed E-state index contributed by atoms with van der Waals surface area (Å²) < 4.78 is 0. The van der Waals surface area contributed by atoms with E-state index >= 15 is 0 Å². The number of nitrogens with zero attached hydrogens (tertiary/aromatic N) is 1. The zero-order valence-corrected chi connectivity index (χ0v) is 22.1. The largest absolute Gasteiger partial charge is 0.347 e. The molecule has 1 aromatic heterocycles. The monoisotopic (exact) mass is 510 g/mol. The molecule has 4 bridgehead atoms. The lowest BCUT2D eigenvalue weighted by Gasteiger charge is -2.56. The minimum atomic E-state index is 0.0204. The molecule has 3 N–H and O–H groups in total. The van der Waals surface area contributed by atoms with Crippen LogP contribution in [0.2, 0.25) is 0 Å². The molecule has 8 rings (SSSR count). The van der Waals surface area contributed by atoms with Crippen molar-refractivity contribution in [2.45, 2.75) is 82.6 Å². The Morgan fingerprint density at radius 3 is 2.16 bits per heavy atom. The Morgan fingerprint density at radius 1 is 0.842 bits per heavy atom. The summed E-state index contributed by atoms with van der Waals surface area (Å²) in [5.41, 5.74) is 4.23. The fourth-order valence-electron chi connectivity index (χ4n) is 8.37. The summed E-state index contributed by atoms with van der Waals surface area (Å²) in [7, 11) is 0. The van der Waals surface area contributed by atoms with Gasteiger partial charge < -0.3 is 15.6 Å². The molecule has 2 amide bonds. The van der Waals surface area contributed by atoms with Crippen LogP contribution in [0.3, 0.4) is 0 Å². The highest BCUT2D eigenvalue weighted by atomic mass is 16.2. The van der Waals surface area contributed by atoms with E-state index in [1.807, 2.05) is 42.5 Å². The van der Waals surface area contributed by atoms with E-state index in [1.54, 1.807) is 0 Å². The van der Waals surface area contributed by atoms with E-state index in [4.69, 9.17) is 4.98 Å². The molecule has 0 atom stereocenters. The lowest BCUT2D eigenvalue weighted by Crippen LogP contribution is -2.59. The molecule has 0 saturated heterocycles. The smallest absolute Gasteiger partial charge is 0.251 e. The van der Waals surface area contributed by atoms with Crippen LogP contribution in [-0.2, 0) is 4.79 Å². The second-order valence-corrected chi connectivity index (χ2v) is 12.7. The van der Waals surface area contributed by atoms with Crippen molar-refractivity contribution in [2.24, 2.45) is 23.7 Å².